The summed E-state index contributed by atoms with van der Waals surface area (Å²) >= 11 is 0. The first-order valence-electron chi connectivity index (χ1n) is 5.32. The lowest BCUT2D eigenvalue weighted by atomic mass is 10.1. The van der Waals surface area contributed by atoms with Crippen molar-refractivity contribution in [2.45, 2.75) is 19.8 Å². The molecule has 82 valence electrons. The summed E-state index contributed by atoms with van der Waals surface area (Å²) in [5, 5.41) is 0. The van der Waals surface area contributed by atoms with Crippen molar-refractivity contribution in [1.82, 2.24) is 9.55 Å². The molecule has 0 fully saturated rings. The van der Waals surface area contributed by atoms with E-state index < -0.39 is 0 Å². The first kappa shape index (κ1) is 10.6. The van der Waals surface area contributed by atoms with Gasteiger partial charge >= 0.3 is 0 Å². The molecule has 0 saturated carbocycles. The van der Waals surface area contributed by atoms with E-state index in [0.717, 1.165) is 11.4 Å². The molecule has 2 heterocycles. The standard InChI is InChI=1S/C13H14N2O/c1-10(2)12-7-6-11(9-14-12)15-8-4-3-5-13(15)16/h3-10H,1-2H3. The summed E-state index contributed by atoms with van der Waals surface area (Å²) in [6.45, 7) is 4.19. The Bertz CT molecular complexity index is 526. The van der Waals surface area contributed by atoms with Gasteiger partial charge in [0.2, 0.25) is 0 Å². The van der Waals surface area contributed by atoms with E-state index in [2.05, 4.69) is 18.8 Å². The quantitative estimate of drug-likeness (QED) is 0.769. The van der Waals surface area contributed by atoms with Gasteiger partial charge in [-0.2, -0.15) is 0 Å². The second-order valence-corrected chi connectivity index (χ2v) is 4.00. The van der Waals surface area contributed by atoms with Gasteiger partial charge in [-0.1, -0.05) is 19.9 Å². The Kier molecular flexibility index (Phi) is 2.86. The molecule has 0 atom stereocenters. The third kappa shape index (κ3) is 2.03. The Labute approximate surface area is 94.4 Å². The van der Waals surface area contributed by atoms with Crippen LogP contribution in [0.25, 0.3) is 5.69 Å². The summed E-state index contributed by atoms with van der Waals surface area (Å²) < 4.78 is 1.58. The molecule has 3 heteroatoms. The van der Waals surface area contributed by atoms with Crippen LogP contribution in [0.2, 0.25) is 0 Å². The maximum atomic E-state index is 11.6. The second kappa shape index (κ2) is 4.31. The van der Waals surface area contributed by atoms with Gasteiger partial charge in [0.15, 0.2) is 0 Å². The lowest BCUT2D eigenvalue weighted by molar-refractivity contribution is 0.818. The lowest BCUT2D eigenvalue weighted by Gasteiger charge is -2.07. The molecule has 0 aromatic carbocycles. The molecule has 0 aliphatic carbocycles. The highest BCUT2D eigenvalue weighted by molar-refractivity contribution is 5.30. The summed E-state index contributed by atoms with van der Waals surface area (Å²) in [6, 6.07) is 8.98. The van der Waals surface area contributed by atoms with E-state index in [4.69, 9.17) is 0 Å². The van der Waals surface area contributed by atoms with E-state index in [9.17, 15) is 4.79 Å². The molecule has 0 spiro atoms. The molecule has 0 radical (unpaired) electrons. The zero-order chi connectivity index (χ0) is 11.5. The minimum absolute atomic E-state index is 0.0402. The first-order valence-corrected chi connectivity index (χ1v) is 5.32. The largest absolute Gasteiger partial charge is 0.283 e. The highest BCUT2D eigenvalue weighted by Crippen LogP contribution is 2.12. The molecule has 2 aromatic heterocycles. The van der Waals surface area contributed by atoms with Crippen LogP contribution in [0.3, 0.4) is 0 Å². The average Bonchev–Trinajstić information content (AvgIpc) is 2.30. The van der Waals surface area contributed by atoms with Crippen molar-refractivity contribution in [3.8, 4) is 5.69 Å². The summed E-state index contributed by atoms with van der Waals surface area (Å²) in [6.07, 6.45) is 3.48. The number of nitrogens with zero attached hydrogens (tertiary/aromatic N) is 2. The van der Waals surface area contributed by atoms with Crippen molar-refractivity contribution < 1.29 is 0 Å². The zero-order valence-corrected chi connectivity index (χ0v) is 9.42. The van der Waals surface area contributed by atoms with Gasteiger partial charge in [-0.15, -0.1) is 0 Å². The van der Waals surface area contributed by atoms with Crippen LogP contribution in [0, 0.1) is 0 Å². The summed E-state index contributed by atoms with van der Waals surface area (Å²) in [7, 11) is 0. The van der Waals surface area contributed by atoms with E-state index in [1.165, 1.54) is 6.07 Å². The molecule has 2 rings (SSSR count). The Balaban J connectivity index is 2.43. The van der Waals surface area contributed by atoms with Gasteiger partial charge in [-0.25, -0.2) is 0 Å². The van der Waals surface area contributed by atoms with Gasteiger partial charge in [-0.3, -0.25) is 14.3 Å². The first-order chi connectivity index (χ1) is 7.68. The van der Waals surface area contributed by atoms with Gasteiger partial charge in [0.05, 0.1) is 11.9 Å². The number of hydrogen-bond acceptors (Lipinski definition) is 2. The fourth-order valence-corrected chi connectivity index (χ4v) is 1.52. The van der Waals surface area contributed by atoms with E-state index in [-0.39, 0.29) is 5.56 Å². The number of aromatic nitrogens is 2. The van der Waals surface area contributed by atoms with Crippen molar-refractivity contribution in [3.63, 3.8) is 0 Å². The minimum Gasteiger partial charge on any atom is -0.283 e. The molecule has 2 aromatic rings. The molecule has 0 saturated heterocycles. The van der Waals surface area contributed by atoms with E-state index in [0.29, 0.717) is 5.92 Å². The third-order valence-electron chi connectivity index (χ3n) is 2.46. The summed E-state index contributed by atoms with van der Waals surface area (Å²) in [5.74, 6) is 0.404. The molecule has 0 amide bonds. The highest BCUT2D eigenvalue weighted by atomic mass is 16.1. The summed E-state index contributed by atoms with van der Waals surface area (Å²) in [4.78, 5) is 15.9. The molecule has 3 nitrogen and oxygen atoms in total. The maximum Gasteiger partial charge on any atom is 0.255 e. The maximum absolute atomic E-state index is 11.6. The molecule has 0 bridgehead atoms. The van der Waals surface area contributed by atoms with Gasteiger partial charge in [0.1, 0.15) is 0 Å². The molecule has 0 aliphatic heterocycles. The molecule has 0 N–H and O–H groups in total. The number of hydrogen-bond donors (Lipinski definition) is 0. The van der Waals surface area contributed by atoms with Gasteiger partial charge < -0.3 is 0 Å². The van der Waals surface area contributed by atoms with Crippen LogP contribution in [0.5, 0.6) is 0 Å². The van der Waals surface area contributed by atoms with Crippen LogP contribution < -0.4 is 5.56 Å². The van der Waals surface area contributed by atoms with E-state index >= 15 is 0 Å². The fraction of sp³-hybridized carbons (Fsp3) is 0.231. The molecular formula is C13H14N2O. The van der Waals surface area contributed by atoms with Crippen LogP contribution in [-0.4, -0.2) is 9.55 Å². The van der Waals surface area contributed by atoms with Crippen molar-refractivity contribution in [1.29, 1.82) is 0 Å². The average molecular weight is 214 g/mol. The van der Waals surface area contributed by atoms with Crippen LogP contribution in [0.1, 0.15) is 25.5 Å². The Hall–Kier alpha value is -1.90. The van der Waals surface area contributed by atoms with Crippen LogP contribution in [0.15, 0.2) is 47.5 Å². The van der Waals surface area contributed by atoms with Crippen molar-refractivity contribution >= 4 is 0 Å². The third-order valence-corrected chi connectivity index (χ3v) is 2.46. The SMILES string of the molecule is CC(C)c1ccc(-n2ccccc2=O)cn1. The molecule has 0 aliphatic rings. The van der Waals surface area contributed by atoms with Gasteiger partial charge in [-0.05, 0) is 24.1 Å². The molecule has 0 unspecified atom stereocenters. The second-order valence-electron chi connectivity index (χ2n) is 4.00. The minimum atomic E-state index is -0.0402. The molecule has 16 heavy (non-hydrogen) atoms. The van der Waals surface area contributed by atoms with Crippen LogP contribution in [0.4, 0.5) is 0 Å². The topological polar surface area (TPSA) is 34.9 Å². The molecular weight excluding hydrogens is 200 g/mol. The number of rotatable bonds is 2. The van der Waals surface area contributed by atoms with E-state index in [1.54, 1.807) is 23.0 Å². The van der Waals surface area contributed by atoms with Crippen molar-refractivity contribution in [3.05, 3.63) is 58.8 Å². The summed E-state index contributed by atoms with van der Waals surface area (Å²) in [5.41, 5.74) is 1.80. The predicted octanol–water partition coefficient (Wildman–Crippen LogP) is 2.36. The Morgan fingerprint density at radius 3 is 2.56 bits per heavy atom. The fourth-order valence-electron chi connectivity index (χ4n) is 1.52. The van der Waals surface area contributed by atoms with Gasteiger partial charge in [0, 0.05) is 18.0 Å². The predicted molar refractivity (Wildman–Crippen MR) is 63.9 cm³/mol. The zero-order valence-electron chi connectivity index (χ0n) is 9.42. The Morgan fingerprint density at radius 1 is 1.19 bits per heavy atom. The smallest absolute Gasteiger partial charge is 0.255 e. The van der Waals surface area contributed by atoms with E-state index in [1.807, 2.05) is 18.2 Å². The number of pyridine rings is 2. The Morgan fingerprint density at radius 2 is 2.00 bits per heavy atom. The monoisotopic (exact) mass is 214 g/mol. The van der Waals surface area contributed by atoms with Crippen molar-refractivity contribution in [2.75, 3.05) is 0 Å². The highest BCUT2D eigenvalue weighted by Gasteiger charge is 2.02. The van der Waals surface area contributed by atoms with Gasteiger partial charge in [0.25, 0.3) is 5.56 Å². The van der Waals surface area contributed by atoms with Crippen molar-refractivity contribution in [2.24, 2.45) is 0 Å². The van der Waals surface area contributed by atoms with Crippen LogP contribution >= 0.6 is 0 Å². The lowest BCUT2D eigenvalue weighted by Crippen LogP contribution is -2.15. The normalized spacial score (nSPS) is 10.7. The van der Waals surface area contributed by atoms with Crippen LogP contribution in [-0.2, 0) is 0 Å².